The molecule has 0 saturated carbocycles. The topological polar surface area (TPSA) is 55.6 Å². The first-order chi connectivity index (χ1) is 9.73. The zero-order valence-electron chi connectivity index (χ0n) is 11.6. The Kier molecular flexibility index (Phi) is 4.25. The van der Waals surface area contributed by atoms with E-state index in [-0.39, 0.29) is 25.6 Å². The van der Waals surface area contributed by atoms with Crippen LogP contribution in [0.5, 0.6) is 0 Å². The highest BCUT2D eigenvalue weighted by Crippen LogP contribution is 2.29. The minimum absolute atomic E-state index is 0.0612. The van der Waals surface area contributed by atoms with Gasteiger partial charge in [0.25, 0.3) is 0 Å². The Morgan fingerprint density at radius 2 is 1.95 bits per heavy atom. The van der Waals surface area contributed by atoms with E-state index in [4.69, 9.17) is 10.5 Å². The second-order valence-electron chi connectivity index (χ2n) is 5.39. The van der Waals surface area contributed by atoms with E-state index in [2.05, 4.69) is 0 Å². The van der Waals surface area contributed by atoms with Gasteiger partial charge in [-0.1, -0.05) is 12.1 Å². The Morgan fingerprint density at radius 3 is 2.48 bits per heavy atom. The van der Waals surface area contributed by atoms with E-state index in [9.17, 15) is 18.0 Å². The van der Waals surface area contributed by atoms with Crippen LogP contribution in [0.3, 0.4) is 0 Å². The molecule has 1 fully saturated rings. The van der Waals surface area contributed by atoms with Gasteiger partial charge in [-0.05, 0) is 24.6 Å². The Labute approximate surface area is 120 Å². The number of carbonyl (C=O) groups excluding carboxylic acids is 1. The third-order valence-electron chi connectivity index (χ3n) is 3.51. The van der Waals surface area contributed by atoms with Crippen molar-refractivity contribution in [3.63, 3.8) is 0 Å². The van der Waals surface area contributed by atoms with Crippen LogP contribution in [0.1, 0.15) is 18.1 Å². The smallest absolute Gasteiger partial charge is 0.362 e. The average molecular weight is 302 g/mol. The fourth-order valence-electron chi connectivity index (χ4n) is 2.15. The summed E-state index contributed by atoms with van der Waals surface area (Å²) in [6.45, 7) is 2.58. The van der Waals surface area contributed by atoms with Crippen molar-refractivity contribution in [3.05, 3.63) is 35.4 Å². The number of halogens is 3. The molecule has 0 radical (unpaired) electrons. The van der Waals surface area contributed by atoms with Crippen molar-refractivity contribution in [1.82, 2.24) is 4.90 Å². The van der Waals surface area contributed by atoms with Crippen LogP contribution in [0.15, 0.2) is 24.3 Å². The lowest BCUT2D eigenvalue weighted by Crippen LogP contribution is -2.56. The average Bonchev–Trinajstić information content (AvgIpc) is 2.43. The molecule has 2 rings (SSSR count). The van der Waals surface area contributed by atoms with Crippen LogP contribution in [-0.2, 0) is 22.3 Å². The first kappa shape index (κ1) is 15.8. The van der Waals surface area contributed by atoms with Gasteiger partial charge in [0.15, 0.2) is 0 Å². The highest BCUT2D eigenvalue weighted by Gasteiger charge is 2.35. The number of benzene rings is 1. The highest BCUT2D eigenvalue weighted by molar-refractivity contribution is 5.78. The number of carbonyl (C=O) groups is 1. The maximum atomic E-state index is 12.5. The zero-order chi connectivity index (χ0) is 15.7. The van der Waals surface area contributed by atoms with Crippen LogP contribution in [0.2, 0.25) is 0 Å². The standard InChI is InChI=1S/C14H17F3N2O2/c1-13(8-18)9-19(12(20)7-21-13)6-10-2-4-11(5-3-10)14(15,16)17/h2-5H,6-9,18H2,1H3. The lowest BCUT2D eigenvalue weighted by atomic mass is 10.0. The van der Waals surface area contributed by atoms with Crippen LogP contribution in [-0.4, -0.2) is 36.1 Å². The van der Waals surface area contributed by atoms with Crippen molar-refractivity contribution in [2.45, 2.75) is 25.2 Å². The summed E-state index contributed by atoms with van der Waals surface area (Å²) in [5.74, 6) is -0.194. The van der Waals surface area contributed by atoms with E-state index < -0.39 is 17.3 Å². The Bertz CT molecular complexity index is 516. The number of hydrogen-bond acceptors (Lipinski definition) is 3. The predicted molar refractivity (Wildman–Crippen MR) is 70.3 cm³/mol. The van der Waals surface area contributed by atoms with E-state index >= 15 is 0 Å². The number of alkyl halides is 3. The molecule has 7 heteroatoms. The monoisotopic (exact) mass is 302 g/mol. The molecule has 1 aliphatic rings. The fourth-order valence-corrected chi connectivity index (χ4v) is 2.15. The zero-order valence-corrected chi connectivity index (χ0v) is 11.6. The molecule has 116 valence electrons. The van der Waals surface area contributed by atoms with Gasteiger partial charge in [0.05, 0.1) is 17.7 Å². The Morgan fingerprint density at radius 1 is 1.33 bits per heavy atom. The third kappa shape index (κ3) is 3.74. The molecule has 0 aromatic heterocycles. The van der Waals surface area contributed by atoms with Crippen LogP contribution < -0.4 is 5.73 Å². The minimum atomic E-state index is -4.36. The molecule has 2 N–H and O–H groups in total. The number of nitrogens with two attached hydrogens (primary N) is 1. The molecule has 21 heavy (non-hydrogen) atoms. The van der Waals surface area contributed by atoms with Crippen LogP contribution in [0.4, 0.5) is 13.2 Å². The molecule has 1 aromatic carbocycles. The van der Waals surface area contributed by atoms with E-state index in [0.717, 1.165) is 12.1 Å². The molecular formula is C14H17F3N2O2. The molecule has 0 aliphatic carbocycles. The molecule has 1 heterocycles. The van der Waals surface area contributed by atoms with Crippen molar-refractivity contribution in [3.8, 4) is 0 Å². The molecule has 1 saturated heterocycles. The fraction of sp³-hybridized carbons (Fsp3) is 0.500. The molecular weight excluding hydrogens is 285 g/mol. The molecule has 1 atom stereocenters. The summed E-state index contributed by atoms with van der Waals surface area (Å²) in [6.07, 6.45) is -4.36. The summed E-state index contributed by atoms with van der Waals surface area (Å²) in [6, 6.07) is 4.79. The first-order valence-corrected chi connectivity index (χ1v) is 6.51. The first-order valence-electron chi connectivity index (χ1n) is 6.51. The molecule has 1 aromatic rings. The van der Waals surface area contributed by atoms with Crippen molar-refractivity contribution in [2.24, 2.45) is 5.73 Å². The van der Waals surface area contributed by atoms with Crippen LogP contribution >= 0.6 is 0 Å². The van der Waals surface area contributed by atoms with Gasteiger partial charge in [0, 0.05) is 13.1 Å². The largest absolute Gasteiger partial charge is 0.416 e. The molecule has 1 aliphatic heterocycles. The normalized spacial score (nSPS) is 23.5. The quantitative estimate of drug-likeness (QED) is 0.926. The Balaban J connectivity index is 2.08. The SMILES string of the molecule is CC1(CN)CN(Cc2ccc(C(F)(F)F)cc2)C(=O)CO1. The van der Waals surface area contributed by atoms with E-state index in [1.165, 1.54) is 12.1 Å². The minimum Gasteiger partial charge on any atom is -0.362 e. The van der Waals surface area contributed by atoms with Gasteiger partial charge >= 0.3 is 6.18 Å². The summed E-state index contributed by atoms with van der Waals surface area (Å²) >= 11 is 0. The number of morpholine rings is 1. The summed E-state index contributed by atoms with van der Waals surface area (Å²) < 4.78 is 42.9. The number of ether oxygens (including phenoxy) is 1. The molecule has 1 amide bonds. The van der Waals surface area contributed by atoms with Crippen molar-refractivity contribution in [1.29, 1.82) is 0 Å². The lowest BCUT2D eigenvalue weighted by molar-refractivity contribution is -0.160. The molecule has 0 spiro atoms. The summed E-state index contributed by atoms with van der Waals surface area (Å²) in [5, 5.41) is 0. The van der Waals surface area contributed by atoms with Gasteiger partial charge in [-0.25, -0.2) is 0 Å². The van der Waals surface area contributed by atoms with Gasteiger partial charge in [0.1, 0.15) is 6.61 Å². The van der Waals surface area contributed by atoms with Crippen LogP contribution in [0, 0.1) is 0 Å². The maximum absolute atomic E-state index is 12.5. The van der Waals surface area contributed by atoms with Crippen molar-refractivity contribution < 1.29 is 22.7 Å². The predicted octanol–water partition coefficient (Wildman–Crippen LogP) is 1.78. The van der Waals surface area contributed by atoms with Crippen molar-refractivity contribution in [2.75, 3.05) is 19.7 Å². The van der Waals surface area contributed by atoms with Gasteiger partial charge in [-0.2, -0.15) is 13.2 Å². The van der Waals surface area contributed by atoms with Gasteiger partial charge in [-0.15, -0.1) is 0 Å². The number of rotatable bonds is 3. The van der Waals surface area contributed by atoms with E-state index in [0.29, 0.717) is 12.1 Å². The maximum Gasteiger partial charge on any atom is 0.416 e. The highest BCUT2D eigenvalue weighted by atomic mass is 19.4. The van der Waals surface area contributed by atoms with Crippen molar-refractivity contribution >= 4 is 5.91 Å². The molecule has 4 nitrogen and oxygen atoms in total. The number of hydrogen-bond donors (Lipinski definition) is 1. The van der Waals surface area contributed by atoms with Crippen LogP contribution in [0.25, 0.3) is 0 Å². The van der Waals surface area contributed by atoms with Gasteiger partial charge in [0.2, 0.25) is 5.91 Å². The number of nitrogens with zero attached hydrogens (tertiary/aromatic N) is 1. The van der Waals surface area contributed by atoms with E-state index in [1.807, 2.05) is 0 Å². The van der Waals surface area contributed by atoms with E-state index in [1.54, 1.807) is 11.8 Å². The summed E-state index contributed by atoms with van der Waals surface area (Å²) in [5.41, 5.74) is 4.94. The lowest BCUT2D eigenvalue weighted by Gasteiger charge is -2.39. The second-order valence-corrected chi connectivity index (χ2v) is 5.39. The second kappa shape index (κ2) is 5.65. The third-order valence-corrected chi connectivity index (χ3v) is 3.51. The summed E-state index contributed by atoms with van der Waals surface area (Å²) in [7, 11) is 0. The number of amides is 1. The molecule has 0 bridgehead atoms. The van der Waals surface area contributed by atoms with Gasteiger partial charge in [-0.3, -0.25) is 4.79 Å². The summed E-state index contributed by atoms with van der Waals surface area (Å²) in [4.78, 5) is 13.4. The Hall–Kier alpha value is -1.60. The van der Waals surface area contributed by atoms with Gasteiger partial charge < -0.3 is 15.4 Å². The molecule has 1 unspecified atom stereocenters.